The molecule has 34 heavy (non-hydrogen) atoms. The number of hydrogen-bond donors (Lipinski definition) is 2. The third kappa shape index (κ3) is 3.60. The number of nitrogens with zero attached hydrogens (tertiary/aromatic N) is 5. The van der Waals surface area contributed by atoms with E-state index < -0.39 is 5.90 Å². The van der Waals surface area contributed by atoms with Crippen molar-refractivity contribution >= 4 is 44.8 Å². The van der Waals surface area contributed by atoms with Crippen molar-refractivity contribution in [2.45, 2.75) is 6.92 Å². The quantitative estimate of drug-likeness (QED) is 0.234. The number of nitrogens with two attached hydrogens (primary N) is 2. The van der Waals surface area contributed by atoms with Crippen LogP contribution in [0.1, 0.15) is 16.0 Å². The first-order valence-corrected chi connectivity index (χ1v) is 11.0. The highest BCUT2D eigenvalue weighted by Gasteiger charge is 2.22. The lowest BCUT2D eigenvalue weighted by molar-refractivity contribution is -0.670. The molecule has 0 aliphatic heterocycles. The smallest absolute Gasteiger partial charge is 0.321 e. The van der Waals surface area contributed by atoms with Crippen LogP contribution in [-0.2, 0) is 0 Å². The van der Waals surface area contributed by atoms with Gasteiger partial charge in [0.2, 0.25) is 11.0 Å². The van der Waals surface area contributed by atoms with Crippen molar-refractivity contribution in [3.63, 3.8) is 0 Å². The molecule has 0 spiro atoms. The fourth-order valence-electron chi connectivity index (χ4n) is 3.59. The van der Waals surface area contributed by atoms with E-state index in [9.17, 15) is 10.4 Å². The van der Waals surface area contributed by atoms with Crippen molar-refractivity contribution < 1.29 is 14.3 Å². The van der Waals surface area contributed by atoms with Gasteiger partial charge in [-0.2, -0.15) is 5.26 Å². The first-order valence-electron chi connectivity index (χ1n) is 10.1. The van der Waals surface area contributed by atoms with Crippen LogP contribution in [0, 0.1) is 18.3 Å². The number of hydrogen-bond acceptors (Lipinski definition) is 9. The fourth-order valence-corrected chi connectivity index (χ4v) is 4.59. The SMILES string of the molecule is Cc1ccc(-c2c(C#N)c(N)nc3sc(/C([O-])=N/c4c[n+](-c5ccccc5)no4)c(N)c23)cc1. The molecular weight excluding hydrogens is 450 g/mol. The van der Waals surface area contributed by atoms with E-state index in [1.54, 1.807) is 0 Å². The summed E-state index contributed by atoms with van der Waals surface area (Å²) < 4.78 is 6.67. The van der Waals surface area contributed by atoms with E-state index in [0.717, 1.165) is 28.2 Å². The van der Waals surface area contributed by atoms with Gasteiger partial charge in [-0.15, -0.1) is 11.3 Å². The second-order valence-electron chi connectivity index (χ2n) is 7.49. The molecule has 0 aliphatic rings. The number of aromatic nitrogens is 3. The van der Waals surface area contributed by atoms with E-state index in [1.807, 2.05) is 61.5 Å². The number of rotatable bonds is 4. The monoisotopic (exact) mass is 467 g/mol. The Morgan fingerprint density at radius 3 is 2.59 bits per heavy atom. The van der Waals surface area contributed by atoms with Crippen LogP contribution < -0.4 is 21.3 Å². The minimum absolute atomic E-state index is 0.0228. The molecule has 0 bridgehead atoms. The number of fused-ring (bicyclic) bond motifs is 1. The van der Waals surface area contributed by atoms with E-state index in [0.29, 0.717) is 15.8 Å². The Balaban J connectivity index is 1.64. The van der Waals surface area contributed by atoms with E-state index in [-0.39, 0.29) is 27.8 Å². The molecule has 9 nitrogen and oxygen atoms in total. The summed E-state index contributed by atoms with van der Waals surface area (Å²) in [6.45, 7) is 1.97. The van der Waals surface area contributed by atoms with Crippen molar-refractivity contribution in [1.29, 1.82) is 5.26 Å². The highest BCUT2D eigenvalue weighted by Crippen LogP contribution is 2.42. The molecule has 10 heteroatoms. The molecule has 0 fully saturated rings. The Kier molecular flexibility index (Phi) is 5.16. The summed E-state index contributed by atoms with van der Waals surface area (Å²) in [4.78, 5) is 8.97. The molecule has 3 aromatic heterocycles. The van der Waals surface area contributed by atoms with Crippen LogP contribution in [0.4, 0.5) is 17.4 Å². The molecule has 5 rings (SSSR count). The molecule has 166 valence electrons. The van der Waals surface area contributed by atoms with E-state index in [2.05, 4.69) is 21.3 Å². The normalized spacial score (nSPS) is 11.6. The van der Waals surface area contributed by atoms with Gasteiger partial charge in [0.25, 0.3) is 6.20 Å². The largest absolute Gasteiger partial charge is 0.857 e. The Bertz CT molecular complexity index is 1600. The summed E-state index contributed by atoms with van der Waals surface area (Å²) in [5.74, 6) is -0.514. The van der Waals surface area contributed by atoms with Gasteiger partial charge < -0.3 is 16.6 Å². The third-order valence-electron chi connectivity index (χ3n) is 5.24. The highest BCUT2D eigenvalue weighted by atomic mass is 32.1. The van der Waals surface area contributed by atoms with Crippen molar-refractivity contribution in [1.82, 2.24) is 10.3 Å². The molecular formula is C24H17N7O2S. The Morgan fingerprint density at radius 2 is 1.88 bits per heavy atom. The summed E-state index contributed by atoms with van der Waals surface area (Å²) in [6.07, 6.45) is 1.50. The van der Waals surface area contributed by atoms with Crippen molar-refractivity contribution in [2.24, 2.45) is 4.99 Å². The number of nitrogen functional groups attached to an aromatic ring is 2. The molecule has 4 N–H and O–H groups in total. The molecule has 0 amide bonds. The number of aryl methyl sites for hydroxylation is 1. The average molecular weight is 468 g/mol. The molecule has 0 saturated heterocycles. The lowest BCUT2D eigenvalue weighted by Crippen LogP contribution is -2.30. The topological polar surface area (TPSA) is 154 Å². The number of para-hydroxylation sites is 1. The van der Waals surface area contributed by atoms with Gasteiger partial charge >= 0.3 is 5.88 Å². The Labute approximate surface area is 197 Å². The molecule has 5 aromatic rings. The number of aliphatic imine (C=N–C) groups is 1. The molecule has 0 atom stereocenters. The minimum atomic E-state index is -0.608. The molecule has 0 unspecified atom stereocenters. The van der Waals surface area contributed by atoms with Crippen LogP contribution in [0.25, 0.3) is 27.0 Å². The number of thiophene rings is 1. The zero-order valence-corrected chi connectivity index (χ0v) is 18.7. The van der Waals surface area contributed by atoms with Gasteiger partial charge in [0.05, 0.1) is 10.6 Å². The second kappa shape index (κ2) is 8.31. The van der Waals surface area contributed by atoms with Gasteiger partial charge in [0.1, 0.15) is 22.3 Å². The summed E-state index contributed by atoms with van der Waals surface area (Å²) in [7, 11) is 0. The standard InChI is InChI=1S/C24H17N7O2S/c1-13-7-9-14(10-8-13)18-16(11-25)22(27)29-24-19(18)20(26)21(34-24)23(32)28-17-12-31(30-33-17)15-5-3-2-4-6-15/h2-10,12H,1H3,(H4-,26,27,28,29,30,32). The maximum Gasteiger partial charge on any atom is 0.321 e. The van der Waals surface area contributed by atoms with Crippen LogP contribution in [0.5, 0.6) is 0 Å². The summed E-state index contributed by atoms with van der Waals surface area (Å²) in [5, 5.41) is 27.2. The minimum Gasteiger partial charge on any atom is -0.857 e. The van der Waals surface area contributed by atoms with Crippen LogP contribution >= 0.6 is 11.3 Å². The van der Waals surface area contributed by atoms with Crippen molar-refractivity contribution in [3.8, 4) is 22.9 Å². The maximum atomic E-state index is 13.0. The molecule has 0 aliphatic carbocycles. The third-order valence-corrected chi connectivity index (χ3v) is 6.33. The predicted octanol–water partition coefficient (Wildman–Crippen LogP) is 3.01. The lowest BCUT2D eigenvalue weighted by atomic mass is 9.96. The van der Waals surface area contributed by atoms with Gasteiger partial charge in [0.15, 0.2) is 0 Å². The van der Waals surface area contributed by atoms with Crippen LogP contribution in [0.2, 0.25) is 0 Å². The molecule has 2 aromatic carbocycles. The predicted molar refractivity (Wildman–Crippen MR) is 128 cm³/mol. The number of anilines is 2. The number of nitriles is 1. The van der Waals surface area contributed by atoms with E-state index >= 15 is 0 Å². The first-order chi connectivity index (χ1) is 16.5. The van der Waals surface area contributed by atoms with E-state index in [1.165, 1.54) is 10.9 Å². The maximum absolute atomic E-state index is 13.0. The summed E-state index contributed by atoms with van der Waals surface area (Å²) in [5.41, 5.74) is 16.0. The van der Waals surface area contributed by atoms with Crippen molar-refractivity contribution in [3.05, 3.63) is 76.8 Å². The first kappa shape index (κ1) is 21.1. The second-order valence-corrected chi connectivity index (χ2v) is 8.49. The number of benzene rings is 2. The number of pyridine rings is 1. The summed E-state index contributed by atoms with van der Waals surface area (Å²) in [6, 6.07) is 19.0. The van der Waals surface area contributed by atoms with Gasteiger partial charge in [-0.1, -0.05) is 48.0 Å². The van der Waals surface area contributed by atoms with E-state index in [4.69, 9.17) is 16.0 Å². The Morgan fingerprint density at radius 1 is 1.15 bits per heavy atom. The summed E-state index contributed by atoms with van der Waals surface area (Å²) >= 11 is 1.06. The van der Waals surface area contributed by atoms with Gasteiger partial charge in [-0.25, -0.2) is 9.98 Å². The van der Waals surface area contributed by atoms with Gasteiger partial charge in [0, 0.05) is 29.0 Å². The van der Waals surface area contributed by atoms with Crippen LogP contribution in [0.15, 0.2) is 70.3 Å². The van der Waals surface area contributed by atoms with Crippen LogP contribution in [-0.4, -0.2) is 16.2 Å². The zero-order valence-electron chi connectivity index (χ0n) is 17.9. The average Bonchev–Trinajstić information content (AvgIpc) is 3.44. The van der Waals surface area contributed by atoms with Crippen molar-refractivity contribution in [2.75, 3.05) is 11.5 Å². The van der Waals surface area contributed by atoms with Crippen LogP contribution in [0.3, 0.4) is 0 Å². The fraction of sp³-hybridized carbons (Fsp3) is 0.0417. The van der Waals surface area contributed by atoms with Gasteiger partial charge in [-0.3, -0.25) is 4.52 Å². The van der Waals surface area contributed by atoms with Gasteiger partial charge in [-0.05, 0) is 17.2 Å². The molecule has 0 radical (unpaired) electrons. The zero-order chi connectivity index (χ0) is 23.8. The highest BCUT2D eigenvalue weighted by molar-refractivity contribution is 7.21. The lowest BCUT2D eigenvalue weighted by Gasteiger charge is -2.10. The molecule has 0 saturated carbocycles. The molecule has 3 heterocycles. The Hall–Kier alpha value is -4.75.